The van der Waals surface area contributed by atoms with Crippen LogP contribution >= 0.6 is 0 Å². The second kappa shape index (κ2) is 28.5. The molecule has 3 fully saturated rings. The molecule has 0 bridgehead atoms. The maximum absolute atomic E-state index is 13.0. The van der Waals surface area contributed by atoms with Crippen molar-refractivity contribution in [1.82, 2.24) is 77.8 Å². The minimum absolute atomic E-state index is 0.0167. The number of aromatic nitrogens is 15. The van der Waals surface area contributed by atoms with Crippen LogP contribution in [0.1, 0.15) is 63.2 Å². The van der Waals surface area contributed by atoms with Gasteiger partial charge in [0.05, 0.1) is 54.1 Å². The fourth-order valence-electron chi connectivity index (χ4n) is 11.4. The number of nitrogens with zero attached hydrogens (tertiary/aromatic N) is 15. The van der Waals surface area contributed by atoms with Crippen molar-refractivity contribution in [2.45, 2.75) is 56.5 Å². The Morgan fingerprint density at radius 1 is 0.455 bits per heavy atom. The quantitative estimate of drug-likeness (QED) is 0.0320. The van der Waals surface area contributed by atoms with Gasteiger partial charge in [0.25, 0.3) is 22.6 Å². The zero-order chi connectivity index (χ0) is 68.8. The van der Waals surface area contributed by atoms with E-state index in [1.54, 1.807) is 180 Å². The number of methoxy groups -OCH3 is 3. The second-order valence-electron chi connectivity index (χ2n) is 23.3. The molecule has 0 spiro atoms. The summed E-state index contributed by atoms with van der Waals surface area (Å²) in [6, 6.07) is 31.5. The van der Waals surface area contributed by atoms with Gasteiger partial charge in [-0.1, -0.05) is 18.2 Å². The van der Waals surface area contributed by atoms with E-state index in [0.29, 0.717) is 116 Å². The Balaban J connectivity index is 0.000000133. The summed E-state index contributed by atoms with van der Waals surface area (Å²) in [5.41, 5.74) is 2.56. The Kier molecular flexibility index (Phi) is 18.8. The molecule has 0 radical (unpaired) electrons. The van der Waals surface area contributed by atoms with Crippen molar-refractivity contribution in [2.75, 3.05) is 74.4 Å². The number of hydrogen-bond donors (Lipinski definition) is 7. The number of carbonyl (C=O) groups is 3. The first-order chi connectivity index (χ1) is 48.3. The lowest BCUT2D eigenvalue weighted by atomic mass is 10.1. The number of Topliss-reactive ketones (excluding diaryl/α,β-unsaturated/α-hetero) is 2. The van der Waals surface area contributed by atoms with Gasteiger partial charge in [0.1, 0.15) is 75.0 Å². The molecule has 504 valence electrons. The Hall–Kier alpha value is -12.4. The largest absolute Gasteiger partial charge is 0.381 e. The standard InChI is InChI=1S/2C23H23N7O3.C22H22N8O3/c2*1-24-21-12-19(27-16-6-5-9-29(23(16)32)20-7-3-4-8-25-20)28-22-15(13-26-30(21)22)17(31)10-14-11-18(14)33-2;1-23-19-11-17(26-14-6-5-9-29(22(14)32)18-7-3-4-8-24-18)28-20-13(12-25-30(19)20)21(31)27-15-10-16(15)33-2/h2*3-9,12-14,18,24H,10-11H2,1-2H3,(H,27,28);3-9,11-12,15-16,23H,10H2,1-2H3,(H,26,28)(H,27,31)/t14?,18-;14-,18-;15-,16-/m010/s1. The summed E-state index contributed by atoms with van der Waals surface area (Å²) >= 11 is 0. The van der Waals surface area contributed by atoms with Crippen molar-refractivity contribution in [1.29, 1.82) is 0 Å². The van der Waals surface area contributed by atoms with E-state index in [1.165, 1.54) is 36.8 Å². The fraction of sp³-hybridized carbons (Fsp3) is 0.250. The first-order valence-corrected chi connectivity index (χ1v) is 31.6. The Labute approximate surface area is 563 Å². The molecule has 3 aliphatic carbocycles. The minimum atomic E-state index is -0.283. The summed E-state index contributed by atoms with van der Waals surface area (Å²) in [5, 5.41) is 34.3. The predicted molar refractivity (Wildman–Crippen MR) is 369 cm³/mol. The predicted octanol–water partition coefficient (Wildman–Crippen LogP) is 6.91. The number of fused-ring (bicyclic) bond motifs is 3. The van der Waals surface area contributed by atoms with Crippen molar-refractivity contribution in [2.24, 2.45) is 11.8 Å². The van der Waals surface area contributed by atoms with E-state index >= 15 is 0 Å². The number of ether oxygens (including phenoxy) is 3. The molecule has 1 amide bonds. The van der Waals surface area contributed by atoms with Gasteiger partial charge in [-0.25, -0.2) is 29.9 Å². The molecule has 0 aliphatic heterocycles. The van der Waals surface area contributed by atoms with Crippen LogP contribution < -0.4 is 53.9 Å². The number of carbonyl (C=O) groups excluding carboxylic acids is 3. The molecule has 12 aromatic heterocycles. The van der Waals surface area contributed by atoms with Crippen molar-refractivity contribution in [3.63, 3.8) is 0 Å². The molecule has 12 aromatic rings. The van der Waals surface area contributed by atoms with Gasteiger partial charge in [0, 0.05) is 111 Å². The average molecular weight is 1340 g/mol. The van der Waals surface area contributed by atoms with Gasteiger partial charge in [-0.15, -0.1) is 0 Å². The van der Waals surface area contributed by atoms with E-state index in [1.807, 2.05) is 18.2 Å². The van der Waals surface area contributed by atoms with E-state index in [2.05, 4.69) is 82.4 Å². The first kappa shape index (κ1) is 65.3. The van der Waals surface area contributed by atoms with Crippen molar-refractivity contribution >= 4 is 86.4 Å². The highest BCUT2D eigenvalue weighted by Crippen LogP contribution is 2.39. The highest BCUT2D eigenvalue weighted by molar-refractivity contribution is 6.03. The second-order valence-corrected chi connectivity index (χ2v) is 23.3. The average Bonchev–Trinajstić information content (AvgIpc) is 1.58. The van der Waals surface area contributed by atoms with E-state index in [4.69, 9.17) is 14.2 Å². The molecule has 99 heavy (non-hydrogen) atoms. The summed E-state index contributed by atoms with van der Waals surface area (Å²) in [6.07, 6.45) is 18.1. The number of rotatable bonds is 23. The van der Waals surface area contributed by atoms with Crippen LogP contribution in [0.5, 0.6) is 0 Å². The third kappa shape index (κ3) is 14.0. The molecule has 12 heterocycles. The zero-order valence-electron chi connectivity index (χ0n) is 54.5. The highest BCUT2D eigenvalue weighted by atomic mass is 16.5. The van der Waals surface area contributed by atoms with Gasteiger partial charge >= 0.3 is 0 Å². The maximum Gasteiger partial charge on any atom is 0.279 e. The van der Waals surface area contributed by atoms with Crippen LogP contribution in [-0.4, -0.2) is 157 Å². The molecule has 3 saturated carbocycles. The topological polar surface area (TPSA) is 358 Å². The van der Waals surface area contributed by atoms with E-state index in [-0.39, 0.29) is 70.3 Å². The molecule has 31 heteroatoms. The number of nitrogens with one attached hydrogen (secondary N) is 7. The van der Waals surface area contributed by atoms with Crippen LogP contribution in [0.2, 0.25) is 0 Å². The van der Waals surface area contributed by atoms with Crippen LogP contribution in [0.4, 0.5) is 52.0 Å². The number of anilines is 9. The summed E-state index contributed by atoms with van der Waals surface area (Å²) in [4.78, 5) is 104. The van der Waals surface area contributed by atoms with Gasteiger partial charge in [-0.05, 0) is 104 Å². The van der Waals surface area contributed by atoms with E-state index < -0.39 is 0 Å². The van der Waals surface area contributed by atoms with Crippen molar-refractivity contribution in [3.8, 4) is 17.5 Å². The summed E-state index contributed by atoms with van der Waals surface area (Å²) in [7, 11) is 10.2. The molecule has 7 N–H and O–H groups in total. The number of hydrogen-bond acceptors (Lipinski definition) is 24. The Morgan fingerprint density at radius 3 is 1.12 bits per heavy atom. The molecule has 15 rings (SSSR count). The van der Waals surface area contributed by atoms with Crippen LogP contribution in [0, 0.1) is 11.8 Å². The molecule has 31 nitrogen and oxygen atoms in total. The molecule has 1 unspecified atom stereocenters. The van der Waals surface area contributed by atoms with E-state index in [9.17, 15) is 28.8 Å². The minimum Gasteiger partial charge on any atom is -0.381 e. The lowest BCUT2D eigenvalue weighted by Crippen LogP contribution is -2.28. The smallest absolute Gasteiger partial charge is 0.279 e. The Bertz CT molecular complexity index is 4650. The zero-order valence-corrected chi connectivity index (χ0v) is 54.5. The van der Waals surface area contributed by atoms with Crippen LogP contribution in [-0.2, 0) is 14.2 Å². The van der Waals surface area contributed by atoms with Gasteiger partial charge < -0.3 is 51.4 Å². The Morgan fingerprint density at radius 2 is 0.808 bits per heavy atom. The molecular formula is C68H68N22O9. The maximum atomic E-state index is 13.0. The van der Waals surface area contributed by atoms with Gasteiger partial charge in [0.2, 0.25) is 0 Å². The molecule has 0 aromatic carbocycles. The monoisotopic (exact) mass is 1340 g/mol. The van der Waals surface area contributed by atoms with Gasteiger partial charge in [-0.3, -0.25) is 42.5 Å². The lowest BCUT2D eigenvalue weighted by Gasteiger charge is -2.11. The summed E-state index contributed by atoms with van der Waals surface area (Å²) in [5.74, 6) is 4.75. The van der Waals surface area contributed by atoms with Crippen molar-refractivity contribution in [3.05, 3.63) is 213 Å². The lowest BCUT2D eigenvalue weighted by molar-refractivity contribution is 0.0933. The first-order valence-electron chi connectivity index (χ1n) is 31.6. The molecular weight excluding hydrogens is 1270 g/mol. The van der Waals surface area contributed by atoms with Gasteiger partial charge in [0.15, 0.2) is 28.5 Å². The molecule has 3 aliphatic rings. The SMILES string of the molecule is CNc1cc(Nc2cccn(-c3ccccn3)c2=O)nc2c(C(=O)CC3C[C@@H]3OC)cnn12.CNc1cc(Nc2cccn(-c3ccccn3)c2=O)nc2c(C(=O)C[C@@H]3C[C@H]3OC)cnn12.CNc1cc(Nc2cccn(-c3ccccn3)c2=O)nc2c(C(=O)N[C@H]3C[C@@H]3OC)cnn12. The van der Waals surface area contributed by atoms with Crippen LogP contribution in [0.15, 0.2) is 179 Å². The van der Waals surface area contributed by atoms with Gasteiger partial charge in [-0.2, -0.15) is 28.8 Å². The fourth-order valence-corrected chi connectivity index (χ4v) is 11.4. The number of amides is 1. The van der Waals surface area contributed by atoms with E-state index in [0.717, 1.165) is 19.3 Å². The number of ketones is 2. The van der Waals surface area contributed by atoms with Crippen LogP contribution in [0.25, 0.3) is 34.4 Å². The normalized spacial score (nSPS) is 17.1. The molecule has 0 saturated heterocycles. The third-order valence-electron chi connectivity index (χ3n) is 16.9. The number of pyridine rings is 6. The summed E-state index contributed by atoms with van der Waals surface area (Å²) < 4.78 is 24.9. The highest BCUT2D eigenvalue weighted by Gasteiger charge is 2.41. The summed E-state index contributed by atoms with van der Waals surface area (Å²) in [6.45, 7) is 0. The molecule has 6 atom stereocenters. The van der Waals surface area contributed by atoms with Crippen molar-refractivity contribution < 1.29 is 28.6 Å². The van der Waals surface area contributed by atoms with Crippen LogP contribution in [0.3, 0.4) is 0 Å². The third-order valence-corrected chi connectivity index (χ3v) is 16.9.